The van der Waals surface area contributed by atoms with Crippen molar-refractivity contribution >= 4 is 40.4 Å². The molecule has 1 amide bonds. The van der Waals surface area contributed by atoms with E-state index in [0.717, 1.165) is 6.07 Å². The quantitative estimate of drug-likeness (QED) is 0.296. The van der Waals surface area contributed by atoms with E-state index >= 15 is 0 Å². The van der Waals surface area contributed by atoms with E-state index in [1.54, 1.807) is 39.0 Å². The van der Waals surface area contributed by atoms with Gasteiger partial charge in [0.05, 0.1) is 0 Å². The van der Waals surface area contributed by atoms with Gasteiger partial charge in [-0.15, -0.1) is 0 Å². The van der Waals surface area contributed by atoms with Crippen LogP contribution in [0.2, 0.25) is 0 Å². The molecule has 2 aromatic rings. The van der Waals surface area contributed by atoms with Crippen molar-refractivity contribution in [3.8, 4) is 0 Å². The third kappa shape index (κ3) is 5.76. The number of hydrogen-bond acceptors (Lipinski definition) is 4. The molecule has 0 fully saturated rings. The Hall–Kier alpha value is -2.05. The Morgan fingerprint density at radius 2 is 1.93 bits per heavy atom. The molecule has 0 spiro atoms. The van der Waals surface area contributed by atoms with Crippen molar-refractivity contribution in [2.75, 3.05) is 6.79 Å². The second-order valence-corrected chi connectivity index (χ2v) is 10.2. The van der Waals surface area contributed by atoms with Crippen LogP contribution < -0.4 is 5.32 Å². The monoisotopic (exact) mass is 504 g/mol. The molecule has 0 saturated heterocycles. The molecule has 2 N–H and O–H groups in total. The van der Waals surface area contributed by atoms with Gasteiger partial charge in [0.1, 0.15) is 0 Å². The molecule has 0 bridgehead atoms. The van der Waals surface area contributed by atoms with Crippen molar-refractivity contribution in [3.05, 3.63) is 57.3 Å². The highest BCUT2D eigenvalue weighted by Gasteiger charge is 2.54. The van der Waals surface area contributed by atoms with Crippen molar-refractivity contribution in [1.82, 2.24) is 5.32 Å². The molecular formula is C19H20BrF2N2O5P. The zero-order valence-electron chi connectivity index (χ0n) is 16.4. The first-order valence-electron chi connectivity index (χ1n) is 8.63. The van der Waals surface area contributed by atoms with E-state index in [9.17, 15) is 23.0 Å². The van der Waals surface area contributed by atoms with Gasteiger partial charge in [0.25, 0.3) is 0 Å². The minimum absolute atomic E-state index is 0.0767. The number of hydrogen-bond donors (Lipinski definition) is 2. The molecule has 1 unspecified atom stereocenters. The van der Waals surface area contributed by atoms with Crippen LogP contribution in [0.25, 0.3) is 15.6 Å². The number of alkyl carbamates (subject to hydrolysis) is 1. The molecule has 0 aliphatic carbocycles. The van der Waals surface area contributed by atoms with Crippen LogP contribution in [0.15, 0.2) is 34.8 Å². The number of rotatable bonds is 6. The lowest BCUT2D eigenvalue weighted by molar-refractivity contribution is 0.00510. The third-order valence-corrected chi connectivity index (χ3v) is 5.89. The van der Waals surface area contributed by atoms with Crippen LogP contribution in [0.4, 0.5) is 13.6 Å². The first-order valence-corrected chi connectivity index (χ1v) is 11.0. The van der Waals surface area contributed by atoms with E-state index in [4.69, 9.17) is 6.57 Å². The number of nitrogens with zero attached hydrogens (tertiary/aromatic N) is 1. The number of fused-ring (bicyclic) bond motifs is 1. The molecule has 30 heavy (non-hydrogen) atoms. The number of nitrogens with one attached hydrogen (secondary N) is 1. The predicted octanol–water partition coefficient (Wildman–Crippen LogP) is 5.76. The number of ether oxygens (including phenoxy) is 1. The van der Waals surface area contributed by atoms with Crippen LogP contribution in [0.3, 0.4) is 0 Å². The maximum atomic E-state index is 14.9. The zero-order valence-corrected chi connectivity index (χ0v) is 18.9. The van der Waals surface area contributed by atoms with E-state index in [1.165, 1.54) is 6.07 Å². The van der Waals surface area contributed by atoms with Gasteiger partial charge in [0.2, 0.25) is 13.3 Å². The molecule has 0 aromatic heterocycles. The van der Waals surface area contributed by atoms with Crippen molar-refractivity contribution in [2.45, 2.75) is 38.5 Å². The van der Waals surface area contributed by atoms with Crippen LogP contribution in [-0.4, -0.2) is 23.3 Å². The van der Waals surface area contributed by atoms with Crippen LogP contribution in [0.1, 0.15) is 31.9 Å². The fourth-order valence-electron chi connectivity index (χ4n) is 2.47. The summed E-state index contributed by atoms with van der Waals surface area (Å²) in [5.74, 6) is 0. The fourth-order valence-corrected chi connectivity index (χ4v) is 4.08. The summed E-state index contributed by atoms with van der Waals surface area (Å²) in [4.78, 5) is 24.7. The second kappa shape index (κ2) is 8.98. The van der Waals surface area contributed by atoms with Crippen molar-refractivity contribution in [2.24, 2.45) is 0 Å². The van der Waals surface area contributed by atoms with E-state index < -0.39 is 37.2 Å². The second-order valence-electron chi connectivity index (χ2n) is 7.45. The van der Waals surface area contributed by atoms with Gasteiger partial charge in [0.15, 0.2) is 0 Å². The maximum Gasteiger partial charge on any atom is 0.409 e. The lowest BCUT2D eigenvalue weighted by Gasteiger charge is -2.24. The summed E-state index contributed by atoms with van der Waals surface area (Å²) in [5.41, 5.74) is -5.08. The first kappa shape index (κ1) is 24.2. The number of benzene rings is 2. The Bertz CT molecular complexity index is 1050. The number of carbonyl (C=O) groups excluding carboxylic acids is 1. The maximum absolute atomic E-state index is 14.9. The zero-order chi connectivity index (χ0) is 22.7. The number of carbonyl (C=O) groups is 1. The Labute approximate surface area is 180 Å². The van der Waals surface area contributed by atoms with Crippen LogP contribution >= 0.6 is 23.5 Å². The van der Waals surface area contributed by atoms with Crippen LogP contribution in [0, 0.1) is 6.57 Å². The summed E-state index contributed by atoms with van der Waals surface area (Å²) in [5, 5.41) is 3.37. The molecule has 2 aromatic carbocycles. The molecule has 7 nitrogen and oxygen atoms in total. The molecule has 0 radical (unpaired) electrons. The molecule has 0 heterocycles. The number of halogens is 3. The smallest absolute Gasteiger partial charge is 0.409 e. The van der Waals surface area contributed by atoms with E-state index in [-0.39, 0.29) is 11.0 Å². The van der Waals surface area contributed by atoms with E-state index in [0.29, 0.717) is 16.3 Å². The molecule has 0 saturated carbocycles. The molecule has 0 aliphatic rings. The minimum atomic E-state index is -5.57. The lowest BCUT2D eigenvalue weighted by Crippen LogP contribution is -2.41. The third-order valence-electron chi connectivity index (χ3n) is 3.83. The molecule has 2 rings (SSSR count). The van der Waals surface area contributed by atoms with E-state index in [1.807, 2.05) is 0 Å². The highest BCUT2D eigenvalue weighted by molar-refractivity contribution is 9.10. The number of amides is 1. The van der Waals surface area contributed by atoms with Gasteiger partial charge in [-0.3, -0.25) is 9.09 Å². The summed E-state index contributed by atoms with van der Waals surface area (Å²) in [7, 11) is -5.57. The van der Waals surface area contributed by atoms with Gasteiger partial charge >= 0.3 is 19.4 Å². The summed E-state index contributed by atoms with van der Waals surface area (Å²) in [6.07, 6.45) is -0.981. The summed E-state index contributed by atoms with van der Waals surface area (Å²) in [6, 6.07) is 7.37. The van der Waals surface area contributed by atoms with E-state index in [2.05, 4.69) is 35.4 Å². The molecule has 11 heteroatoms. The standard InChI is InChI=1S/C19H20BrF2N2O5P/c1-18(2,3)24-17(25)28-11-29-30(26,27)19(21,22)15-8-14-7-12(10-23-4)5-6-13(14)9-16(15)20/h5-9H,10-11H2,1-3H3,(H,24,25)(H,26,27). The topological polar surface area (TPSA) is 89.2 Å². The normalized spacial score (nSPS) is 14.1. The SMILES string of the molecule is [C-]#[N+]Cc1ccc2cc(Br)c(C(F)(F)P(=O)(O)OCOC(=O)NC(C)(C)C)cc2c1. The Balaban J connectivity index is 2.26. The van der Waals surface area contributed by atoms with Crippen molar-refractivity contribution < 1.29 is 32.3 Å². The van der Waals surface area contributed by atoms with Gasteiger partial charge in [-0.1, -0.05) is 28.1 Å². The summed E-state index contributed by atoms with van der Waals surface area (Å²) >= 11 is 3.01. The van der Waals surface area contributed by atoms with Gasteiger partial charge < -0.3 is 19.8 Å². The predicted molar refractivity (Wildman–Crippen MR) is 111 cm³/mol. The summed E-state index contributed by atoms with van der Waals surface area (Å²) < 4.78 is 50.9. The van der Waals surface area contributed by atoms with Gasteiger partial charge in [-0.2, -0.15) is 8.78 Å². The Kier molecular flexibility index (Phi) is 7.25. The average molecular weight is 505 g/mol. The summed E-state index contributed by atoms with van der Waals surface area (Å²) in [6.45, 7) is 10.9. The van der Waals surface area contributed by atoms with Crippen molar-refractivity contribution in [3.63, 3.8) is 0 Å². The van der Waals surface area contributed by atoms with Gasteiger partial charge in [-0.05, 0) is 49.7 Å². The highest BCUT2D eigenvalue weighted by Crippen LogP contribution is 2.64. The number of alkyl halides is 2. The first-order chi connectivity index (χ1) is 13.8. The largest absolute Gasteiger partial charge is 0.422 e. The Morgan fingerprint density at radius 3 is 2.53 bits per heavy atom. The van der Waals surface area contributed by atoms with Crippen LogP contribution in [0.5, 0.6) is 0 Å². The van der Waals surface area contributed by atoms with Gasteiger partial charge in [-0.25, -0.2) is 11.4 Å². The lowest BCUT2D eigenvalue weighted by atomic mass is 10.0. The Morgan fingerprint density at radius 1 is 1.27 bits per heavy atom. The molecular weight excluding hydrogens is 485 g/mol. The molecule has 1 atom stereocenters. The fraction of sp³-hybridized carbons (Fsp3) is 0.368. The minimum Gasteiger partial charge on any atom is -0.422 e. The van der Waals surface area contributed by atoms with Crippen molar-refractivity contribution in [1.29, 1.82) is 0 Å². The van der Waals surface area contributed by atoms with Gasteiger partial charge in [0, 0.05) is 21.1 Å². The highest BCUT2D eigenvalue weighted by atomic mass is 79.9. The average Bonchev–Trinajstić information content (AvgIpc) is 2.59. The molecule has 0 aliphatic heterocycles. The molecule has 162 valence electrons. The van der Waals surface area contributed by atoms with Crippen LogP contribution in [-0.2, 0) is 26.0 Å².